The lowest BCUT2D eigenvalue weighted by molar-refractivity contribution is -0.115. The number of amides is 1. The second-order valence-electron chi connectivity index (χ2n) is 7.16. The molecule has 0 radical (unpaired) electrons. The minimum atomic E-state index is -3.74. The summed E-state index contributed by atoms with van der Waals surface area (Å²) in [7, 11) is -3.74. The van der Waals surface area contributed by atoms with Gasteiger partial charge in [0.05, 0.1) is 36.3 Å². The number of anilines is 1. The highest BCUT2D eigenvalue weighted by Crippen LogP contribution is 2.30. The van der Waals surface area contributed by atoms with Gasteiger partial charge >= 0.3 is 0 Å². The van der Waals surface area contributed by atoms with Crippen LogP contribution in [0.15, 0.2) is 47.4 Å². The van der Waals surface area contributed by atoms with Crippen LogP contribution in [0.3, 0.4) is 0 Å². The molecule has 0 spiro atoms. The lowest BCUT2D eigenvalue weighted by Crippen LogP contribution is -2.40. The van der Waals surface area contributed by atoms with Crippen LogP contribution in [0.1, 0.15) is 19.4 Å². The number of rotatable bonds is 7. The third kappa shape index (κ3) is 5.35. The Bertz CT molecular complexity index is 1000. The molecule has 0 aliphatic carbocycles. The molecule has 30 heavy (non-hydrogen) atoms. The number of morpholine rings is 1. The maximum absolute atomic E-state index is 13.9. The van der Waals surface area contributed by atoms with Crippen LogP contribution < -0.4 is 10.1 Å². The van der Waals surface area contributed by atoms with Crippen LogP contribution in [-0.2, 0) is 26.0 Å². The van der Waals surface area contributed by atoms with Gasteiger partial charge in [0.15, 0.2) is 0 Å². The van der Waals surface area contributed by atoms with Gasteiger partial charge in [-0.2, -0.15) is 4.31 Å². The van der Waals surface area contributed by atoms with Gasteiger partial charge in [0.25, 0.3) is 0 Å². The number of ether oxygens (including phenoxy) is 2. The molecule has 0 atom stereocenters. The molecule has 162 valence electrons. The Morgan fingerprint density at radius 3 is 2.57 bits per heavy atom. The lowest BCUT2D eigenvalue weighted by Gasteiger charge is -2.26. The summed E-state index contributed by atoms with van der Waals surface area (Å²) in [5.74, 6) is -0.614. The fourth-order valence-corrected chi connectivity index (χ4v) is 4.50. The van der Waals surface area contributed by atoms with Gasteiger partial charge in [-0.25, -0.2) is 12.8 Å². The molecule has 2 aromatic rings. The molecule has 0 aromatic heterocycles. The fraction of sp³-hybridized carbons (Fsp3) is 0.381. The molecule has 1 aliphatic heterocycles. The third-order valence-corrected chi connectivity index (χ3v) is 6.40. The fourth-order valence-electron chi connectivity index (χ4n) is 3.07. The van der Waals surface area contributed by atoms with Gasteiger partial charge in [0.2, 0.25) is 15.9 Å². The SMILES string of the molecule is CC(C)Oc1ccc(S(=O)(=O)N2CCOCC2)cc1NC(=O)Cc1ccccc1F. The summed E-state index contributed by atoms with van der Waals surface area (Å²) in [6, 6.07) is 10.4. The lowest BCUT2D eigenvalue weighted by atomic mass is 10.1. The van der Waals surface area contributed by atoms with Crippen molar-refractivity contribution in [2.24, 2.45) is 0 Å². The Hall–Kier alpha value is -2.49. The van der Waals surface area contributed by atoms with E-state index in [0.29, 0.717) is 19.0 Å². The molecule has 2 aromatic carbocycles. The summed E-state index contributed by atoms with van der Waals surface area (Å²) < 4.78 is 52.1. The van der Waals surface area contributed by atoms with Crippen LogP contribution in [0.4, 0.5) is 10.1 Å². The second-order valence-corrected chi connectivity index (χ2v) is 9.10. The Balaban J connectivity index is 1.87. The van der Waals surface area contributed by atoms with E-state index in [4.69, 9.17) is 9.47 Å². The quantitative estimate of drug-likeness (QED) is 0.722. The monoisotopic (exact) mass is 436 g/mol. The topological polar surface area (TPSA) is 84.9 Å². The van der Waals surface area contributed by atoms with Gasteiger partial charge in [-0.3, -0.25) is 4.79 Å². The van der Waals surface area contributed by atoms with E-state index < -0.39 is 21.7 Å². The smallest absolute Gasteiger partial charge is 0.243 e. The highest BCUT2D eigenvalue weighted by Gasteiger charge is 2.27. The molecule has 0 unspecified atom stereocenters. The summed E-state index contributed by atoms with van der Waals surface area (Å²) >= 11 is 0. The zero-order chi connectivity index (χ0) is 21.7. The normalized spacial score (nSPS) is 15.2. The molecule has 7 nitrogen and oxygen atoms in total. The largest absolute Gasteiger partial charge is 0.489 e. The molecule has 1 amide bonds. The van der Waals surface area contributed by atoms with Gasteiger partial charge < -0.3 is 14.8 Å². The summed E-state index contributed by atoms with van der Waals surface area (Å²) in [4.78, 5) is 12.6. The van der Waals surface area contributed by atoms with Crippen LogP contribution in [0.5, 0.6) is 5.75 Å². The Morgan fingerprint density at radius 2 is 1.90 bits per heavy atom. The number of carbonyl (C=O) groups excluding carboxylic acids is 1. The predicted octanol–water partition coefficient (Wildman–Crippen LogP) is 2.82. The Morgan fingerprint density at radius 1 is 1.20 bits per heavy atom. The van der Waals surface area contributed by atoms with E-state index in [1.165, 1.54) is 34.6 Å². The van der Waals surface area contributed by atoms with Gasteiger partial charge in [-0.15, -0.1) is 0 Å². The van der Waals surface area contributed by atoms with E-state index >= 15 is 0 Å². The zero-order valence-electron chi connectivity index (χ0n) is 16.9. The van der Waals surface area contributed by atoms with Crippen LogP contribution in [0.2, 0.25) is 0 Å². The van der Waals surface area contributed by atoms with Crippen molar-refractivity contribution in [3.05, 3.63) is 53.8 Å². The van der Waals surface area contributed by atoms with Gasteiger partial charge in [0.1, 0.15) is 11.6 Å². The number of nitrogens with zero attached hydrogens (tertiary/aromatic N) is 1. The molecular formula is C21H25FN2O5S. The molecular weight excluding hydrogens is 411 g/mol. The van der Waals surface area contributed by atoms with Crippen molar-refractivity contribution >= 4 is 21.6 Å². The van der Waals surface area contributed by atoms with E-state index in [0.717, 1.165) is 0 Å². The van der Waals surface area contributed by atoms with Crippen molar-refractivity contribution in [3.63, 3.8) is 0 Å². The molecule has 1 N–H and O–H groups in total. The maximum Gasteiger partial charge on any atom is 0.243 e. The zero-order valence-corrected chi connectivity index (χ0v) is 17.7. The van der Waals surface area contributed by atoms with Crippen molar-refractivity contribution in [2.75, 3.05) is 31.6 Å². The number of halogens is 1. The molecule has 1 aliphatic rings. The molecule has 0 bridgehead atoms. The summed E-state index contributed by atoms with van der Waals surface area (Å²) in [6.07, 6.45) is -0.372. The summed E-state index contributed by atoms with van der Waals surface area (Å²) in [5, 5.41) is 2.67. The highest BCUT2D eigenvalue weighted by atomic mass is 32.2. The number of hydrogen-bond acceptors (Lipinski definition) is 5. The van der Waals surface area contributed by atoms with Crippen molar-refractivity contribution in [3.8, 4) is 5.75 Å². The number of carbonyl (C=O) groups is 1. The van der Waals surface area contributed by atoms with E-state index in [1.807, 2.05) is 13.8 Å². The minimum absolute atomic E-state index is 0.0432. The van der Waals surface area contributed by atoms with Gasteiger partial charge in [-0.05, 0) is 43.7 Å². The second kappa shape index (κ2) is 9.55. The standard InChI is InChI=1S/C21H25FN2O5S/c1-15(2)29-20-8-7-17(30(26,27)24-9-11-28-12-10-24)14-19(20)23-21(25)13-16-5-3-4-6-18(16)22/h3-8,14-15H,9-13H2,1-2H3,(H,23,25). The third-order valence-electron chi connectivity index (χ3n) is 4.50. The van der Waals surface area contributed by atoms with Crippen LogP contribution in [0, 0.1) is 5.82 Å². The summed E-state index contributed by atoms with van der Waals surface area (Å²) in [6.45, 7) is 4.84. The van der Waals surface area contributed by atoms with Crippen LogP contribution >= 0.6 is 0 Å². The molecule has 1 saturated heterocycles. The summed E-state index contributed by atoms with van der Waals surface area (Å²) in [5.41, 5.74) is 0.470. The van der Waals surface area contributed by atoms with E-state index in [2.05, 4.69) is 5.32 Å². The first-order chi connectivity index (χ1) is 14.3. The first-order valence-corrected chi connectivity index (χ1v) is 11.1. The van der Waals surface area contributed by atoms with Gasteiger partial charge in [-0.1, -0.05) is 18.2 Å². The number of nitrogens with one attached hydrogen (secondary N) is 1. The number of benzene rings is 2. The van der Waals surface area contributed by atoms with E-state index in [-0.39, 0.29) is 41.8 Å². The van der Waals surface area contributed by atoms with E-state index in [1.54, 1.807) is 12.1 Å². The highest BCUT2D eigenvalue weighted by molar-refractivity contribution is 7.89. The van der Waals surface area contributed by atoms with Crippen molar-refractivity contribution in [1.29, 1.82) is 0 Å². The molecule has 9 heteroatoms. The first-order valence-electron chi connectivity index (χ1n) is 9.69. The molecule has 3 rings (SSSR count). The Kier molecular flexibility index (Phi) is 7.06. The van der Waals surface area contributed by atoms with Crippen LogP contribution in [-0.4, -0.2) is 51.0 Å². The number of hydrogen-bond donors (Lipinski definition) is 1. The van der Waals surface area contributed by atoms with Crippen molar-refractivity contribution in [1.82, 2.24) is 4.31 Å². The van der Waals surface area contributed by atoms with Crippen molar-refractivity contribution < 1.29 is 27.1 Å². The molecule has 1 fully saturated rings. The average Bonchev–Trinajstić information content (AvgIpc) is 2.71. The first kappa shape index (κ1) is 22.2. The predicted molar refractivity (Wildman–Crippen MR) is 111 cm³/mol. The van der Waals surface area contributed by atoms with Crippen molar-refractivity contribution in [2.45, 2.75) is 31.3 Å². The molecule has 1 heterocycles. The van der Waals surface area contributed by atoms with Gasteiger partial charge in [0, 0.05) is 13.1 Å². The van der Waals surface area contributed by atoms with E-state index in [9.17, 15) is 17.6 Å². The average molecular weight is 437 g/mol. The molecule has 0 saturated carbocycles. The maximum atomic E-state index is 13.9. The number of sulfonamides is 1. The minimum Gasteiger partial charge on any atom is -0.489 e. The van der Waals surface area contributed by atoms with Crippen LogP contribution in [0.25, 0.3) is 0 Å². The Labute approximate surface area is 175 Å².